The average molecular weight is 299 g/mol. The maximum absolute atomic E-state index is 10.3. The van der Waals surface area contributed by atoms with E-state index in [0.717, 1.165) is 38.6 Å². The highest BCUT2D eigenvalue weighted by atomic mass is 32.2. The smallest absolute Gasteiger partial charge is 0.0772 e. The quantitative estimate of drug-likeness (QED) is 0.760. The lowest BCUT2D eigenvalue weighted by Gasteiger charge is -2.37. The molecule has 0 aromatic carbocycles. The van der Waals surface area contributed by atoms with Crippen molar-refractivity contribution in [3.05, 3.63) is 0 Å². The first-order valence-corrected chi connectivity index (χ1v) is 9.00. The Morgan fingerprint density at radius 1 is 1.35 bits per heavy atom. The molecule has 6 atom stereocenters. The lowest BCUT2D eigenvalue weighted by Crippen LogP contribution is -2.39. The zero-order valence-corrected chi connectivity index (χ0v) is 13.8. The number of hydrogen-bond donors (Lipinski definition) is 2. The second kappa shape index (κ2) is 7.28. The Kier molecular flexibility index (Phi) is 5.94. The van der Waals surface area contributed by atoms with Crippen LogP contribution in [0.3, 0.4) is 0 Å². The van der Waals surface area contributed by atoms with Gasteiger partial charge in [-0.15, -0.1) is 0 Å². The Labute approximate surface area is 127 Å². The van der Waals surface area contributed by atoms with Crippen LogP contribution in [0.25, 0.3) is 0 Å². The van der Waals surface area contributed by atoms with Crippen LogP contribution in [0.1, 0.15) is 52.9 Å². The van der Waals surface area contributed by atoms with Crippen molar-refractivity contribution < 1.29 is 10.2 Å². The number of thioether (sulfide) groups is 1. The molecule has 20 heavy (non-hydrogen) atoms. The van der Waals surface area contributed by atoms with Crippen molar-refractivity contribution in [2.45, 2.75) is 75.6 Å². The summed E-state index contributed by atoms with van der Waals surface area (Å²) in [5, 5.41) is 21.0. The molecule has 0 saturated heterocycles. The first kappa shape index (κ1) is 16.3. The van der Waals surface area contributed by atoms with Gasteiger partial charge < -0.3 is 10.2 Å². The second-order valence-corrected chi connectivity index (χ2v) is 8.17. The fraction of sp³-hybridized carbons (Fsp3) is 0.938. The van der Waals surface area contributed by atoms with Gasteiger partial charge in [0.05, 0.1) is 18.8 Å². The third-order valence-electron chi connectivity index (χ3n) is 4.66. The standard InChI is InChI=1S/C16H29NO2S/c1-4-12(6-5-11(3)18)20-13-7-10(2)16(19)14(8-13)15-9-17-15/h10-14,16,18-19H,4-9H2,1-3H3. The van der Waals surface area contributed by atoms with E-state index in [1.807, 2.05) is 6.92 Å². The number of aliphatic imine (C=N–C) groups is 1. The molecule has 1 heterocycles. The van der Waals surface area contributed by atoms with Crippen molar-refractivity contribution in [3.8, 4) is 0 Å². The largest absolute Gasteiger partial charge is 0.393 e. The fourth-order valence-electron chi connectivity index (χ4n) is 3.26. The Morgan fingerprint density at radius 3 is 2.60 bits per heavy atom. The van der Waals surface area contributed by atoms with Gasteiger partial charge in [0.15, 0.2) is 0 Å². The van der Waals surface area contributed by atoms with Crippen molar-refractivity contribution >= 4 is 17.5 Å². The highest BCUT2D eigenvalue weighted by Gasteiger charge is 2.40. The normalized spacial score (nSPS) is 36.4. The predicted molar refractivity (Wildman–Crippen MR) is 86.6 cm³/mol. The molecular weight excluding hydrogens is 270 g/mol. The maximum Gasteiger partial charge on any atom is 0.0772 e. The highest BCUT2D eigenvalue weighted by Crippen LogP contribution is 2.41. The van der Waals surface area contributed by atoms with Crippen LogP contribution in [-0.4, -0.2) is 45.2 Å². The van der Waals surface area contributed by atoms with E-state index in [2.05, 4.69) is 30.6 Å². The van der Waals surface area contributed by atoms with Gasteiger partial charge in [-0.25, -0.2) is 0 Å². The first-order chi connectivity index (χ1) is 9.51. The van der Waals surface area contributed by atoms with Gasteiger partial charge in [-0.2, -0.15) is 11.8 Å². The van der Waals surface area contributed by atoms with Gasteiger partial charge in [0.1, 0.15) is 0 Å². The Morgan fingerprint density at radius 2 is 2.05 bits per heavy atom. The molecule has 4 heteroatoms. The topological polar surface area (TPSA) is 52.8 Å². The number of aliphatic hydroxyl groups is 2. The van der Waals surface area contributed by atoms with Gasteiger partial charge in [0.25, 0.3) is 0 Å². The third kappa shape index (κ3) is 4.47. The monoisotopic (exact) mass is 299 g/mol. The minimum atomic E-state index is -0.190. The Bertz CT molecular complexity index is 345. The van der Waals surface area contributed by atoms with Crippen molar-refractivity contribution in [2.75, 3.05) is 6.54 Å². The van der Waals surface area contributed by atoms with Crippen molar-refractivity contribution in [1.82, 2.24) is 0 Å². The zero-order valence-electron chi connectivity index (χ0n) is 13.0. The van der Waals surface area contributed by atoms with Crippen LogP contribution < -0.4 is 0 Å². The second-order valence-electron chi connectivity index (χ2n) is 6.57. The molecule has 0 aromatic heterocycles. The van der Waals surface area contributed by atoms with Crippen LogP contribution in [0.15, 0.2) is 4.99 Å². The van der Waals surface area contributed by atoms with Crippen LogP contribution in [-0.2, 0) is 0 Å². The van der Waals surface area contributed by atoms with Crippen molar-refractivity contribution in [2.24, 2.45) is 16.8 Å². The number of aliphatic hydroxyl groups excluding tert-OH is 2. The van der Waals surface area contributed by atoms with E-state index in [-0.39, 0.29) is 12.2 Å². The zero-order chi connectivity index (χ0) is 14.7. The summed E-state index contributed by atoms with van der Waals surface area (Å²) in [5.74, 6) is 0.689. The van der Waals surface area contributed by atoms with E-state index < -0.39 is 0 Å². The molecule has 2 rings (SSSR count). The summed E-state index contributed by atoms with van der Waals surface area (Å²) in [7, 11) is 0. The molecule has 6 unspecified atom stereocenters. The van der Waals surface area contributed by atoms with Gasteiger partial charge in [0.2, 0.25) is 0 Å². The van der Waals surface area contributed by atoms with E-state index in [1.165, 1.54) is 5.71 Å². The Balaban J connectivity index is 1.86. The molecule has 0 aromatic rings. The summed E-state index contributed by atoms with van der Waals surface area (Å²) in [4.78, 5) is 4.32. The first-order valence-electron chi connectivity index (χ1n) is 8.06. The van der Waals surface area contributed by atoms with Crippen molar-refractivity contribution in [3.63, 3.8) is 0 Å². The molecule has 1 saturated carbocycles. The van der Waals surface area contributed by atoms with E-state index in [9.17, 15) is 10.2 Å². The van der Waals surface area contributed by atoms with Crippen molar-refractivity contribution in [1.29, 1.82) is 0 Å². The van der Waals surface area contributed by atoms with Gasteiger partial charge in [-0.1, -0.05) is 13.8 Å². The lowest BCUT2D eigenvalue weighted by atomic mass is 9.78. The summed E-state index contributed by atoms with van der Waals surface area (Å²) < 4.78 is 0. The molecule has 3 nitrogen and oxygen atoms in total. The SMILES string of the molecule is CCC(CCC(C)O)SC1CC(C)C(O)C(C2=NC2)C1. The number of nitrogens with zero attached hydrogens (tertiary/aromatic N) is 1. The summed E-state index contributed by atoms with van der Waals surface area (Å²) in [6, 6.07) is 0. The molecule has 0 bridgehead atoms. The lowest BCUT2D eigenvalue weighted by molar-refractivity contribution is 0.0561. The number of rotatable bonds is 7. The molecule has 1 aliphatic heterocycles. The summed E-state index contributed by atoms with van der Waals surface area (Å²) in [5.41, 5.74) is 1.24. The molecule has 116 valence electrons. The Hall–Kier alpha value is -0.0600. The minimum absolute atomic E-state index is 0.189. The van der Waals surface area contributed by atoms with E-state index in [4.69, 9.17) is 0 Å². The molecule has 0 radical (unpaired) electrons. The van der Waals surface area contributed by atoms with Gasteiger partial charge >= 0.3 is 0 Å². The van der Waals surface area contributed by atoms with E-state index >= 15 is 0 Å². The maximum atomic E-state index is 10.3. The van der Waals surface area contributed by atoms with Gasteiger partial charge in [-0.05, 0) is 44.9 Å². The van der Waals surface area contributed by atoms with Crippen LogP contribution in [0.2, 0.25) is 0 Å². The predicted octanol–water partition coefficient (Wildman–Crippen LogP) is 2.89. The van der Waals surface area contributed by atoms with Gasteiger partial charge in [-0.3, -0.25) is 4.99 Å². The number of hydrogen-bond acceptors (Lipinski definition) is 4. The van der Waals surface area contributed by atoms with E-state index in [0.29, 0.717) is 22.3 Å². The average Bonchev–Trinajstić information content (AvgIpc) is 3.22. The highest BCUT2D eigenvalue weighted by molar-refractivity contribution is 8.00. The minimum Gasteiger partial charge on any atom is -0.393 e. The molecule has 1 fully saturated rings. The molecule has 1 aliphatic carbocycles. The molecule has 0 spiro atoms. The van der Waals surface area contributed by atoms with Crippen LogP contribution >= 0.6 is 11.8 Å². The summed E-state index contributed by atoms with van der Waals surface area (Å²) >= 11 is 2.09. The molecule has 2 aliphatic rings. The fourth-order valence-corrected chi connectivity index (χ4v) is 5.00. The van der Waals surface area contributed by atoms with Crippen LogP contribution in [0.4, 0.5) is 0 Å². The summed E-state index contributed by atoms with van der Waals surface area (Å²) in [6.45, 7) is 7.16. The van der Waals surface area contributed by atoms with Crippen LogP contribution in [0.5, 0.6) is 0 Å². The molecule has 2 N–H and O–H groups in total. The summed E-state index contributed by atoms with van der Waals surface area (Å²) in [6.07, 6.45) is 4.97. The van der Waals surface area contributed by atoms with Crippen LogP contribution in [0, 0.1) is 11.8 Å². The molecule has 0 amide bonds. The van der Waals surface area contributed by atoms with E-state index in [1.54, 1.807) is 0 Å². The van der Waals surface area contributed by atoms with Gasteiger partial charge in [0, 0.05) is 22.1 Å². The third-order valence-corrected chi connectivity index (χ3v) is 6.39. The molecular formula is C16H29NO2S.